The molecule has 1 aliphatic rings. The molecule has 1 aliphatic carbocycles. The Morgan fingerprint density at radius 3 is 2.46 bits per heavy atom. The molecule has 1 fully saturated rings. The van der Waals surface area contributed by atoms with Crippen molar-refractivity contribution in [3.05, 3.63) is 66.1 Å². The molecule has 0 spiro atoms. The van der Waals surface area contributed by atoms with Gasteiger partial charge < -0.3 is 10.3 Å². The van der Waals surface area contributed by atoms with Crippen LogP contribution in [0.1, 0.15) is 50.3 Å². The minimum absolute atomic E-state index is 0.142. The predicted octanol–water partition coefficient (Wildman–Crippen LogP) is 4.36. The molecule has 0 unspecified atom stereocenters. The third-order valence-electron chi connectivity index (χ3n) is 7.06. The third-order valence-corrected chi connectivity index (χ3v) is 8.53. The number of H-pyrrole nitrogens is 1. The van der Waals surface area contributed by atoms with Crippen molar-refractivity contribution in [3.8, 4) is 0 Å². The highest BCUT2D eigenvalue weighted by molar-refractivity contribution is 7.89. The van der Waals surface area contributed by atoms with E-state index in [2.05, 4.69) is 20.0 Å². The van der Waals surface area contributed by atoms with Crippen LogP contribution < -0.4 is 10.0 Å². The summed E-state index contributed by atoms with van der Waals surface area (Å²) < 4.78 is 66.2. The molecule has 0 radical (unpaired) electrons. The largest absolute Gasteiger partial charge is 0.404 e. The summed E-state index contributed by atoms with van der Waals surface area (Å²) in [7, 11) is -4.87. The number of pyridine rings is 1. The van der Waals surface area contributed by atoms with E-state index < -0.39 is 38.8 Å². The van der Waals surface area contributed by atoms with Gasteiger partial charge in [-0.3, -0.25) is 9.78 Å². The maximum Gasteiger partial charge on any atom is 0.404 e. The summed E-state index contributed by atoms with van der Waals surface area (Å²) >= 11 is 0. The highest BCUT2D eigenvalue weighted by atomic mass is 32.2. The average molecular weight is 537 g/mol. The lowest BCUT2D eigenvalue weighted by Crippen LogP contribution is -2.60. The number of hydrogen-bond acceptors (Lipinski definition) is 4. The summed E-state index contributed by atoms with van der Waals surface area (Å²) in [4.78, 5) is 21.2. The highest BCUT2D eigenvalue weighted by Gasteiger charge is 2.44. The van der Waals surface area contributed by atoms with Crippen LogP contribution in [0, 0.1) is 0 Å². The van der Waals surface area contributed by atoms with E-state index in [4.69, 9.17) is 0 Å². The second-order valence-electron chi connectivity index (χ2n) is 10.1. The first-order valence-electron chi connectivity index (χ1n) is 12.2. The summed E-state index contributed by atoms with van der Waals surface area (Å²) in [6.07, 6.45) is 2.81. The van der Waals surface area contributed by atoms with Crippen molar-refractivity contribution in [1.29, 1.82) is 0 Å². The number of aromatic nitrogens is 2. The molecule has 1 atom stereocenters. The molecule has 1 saturated carbocycles. The number of rotatable bonds is 9. The normalized spacial score (nSPS) is 17.8. The SMILES string of the molecule is C[C@@](Cc1c[nH]c2ccccc12)(NS(=O)(=O)CC(F)(F)F)C(=O)NCC1(c2ccccn2)CCCCC1. The molecule has 2 heterocycles. The average Bonchev–Trinajstić information content (AvgIpc) is 3.24. The van der Waals surface area contributed by atoms with Gasteiger partial charge in [0.1, 0.15) is 5.54 Å². The van der Waals surface area contributed by atoms with Gasteiger partial charge in [0.2, 0.25) is 15.9 Å². The van der Waals surface area contributed by atoms with Crippen molar-refractivity contribution in [2.24, 2.45) is 0 Å². The van der Waals surface area contributed by atoms with E-state index in [1.807, 2.05) is 36.4 Å². The zero-order valence-electron chi connectivity index (χ0n) is 20.6. The number of benzene rings is 1. The molecule has 11 heteroatoms. The fourth-order valence-electron chi connectivity index (χ4n) is 5.29. The zero-order valence-corrected chi connectivity index (χ0v) is 21.4. The Hall–Kier alpha value is -2.92. The summed E-state index contributed by atoms with van der Waals surface area (Å²) in [6, 6.07) is 12.9. The number of carbonyl (C=O) groups excluding carboxylic acids is 1. The van der Waals surface area contributed by atoms with Crippen LogP contribution in [-0.4, -0.2) is 48.3 Å². The van der Waals surface area contributed by atoms with E-state index in [1.165, 1.54) is 6.92 Å². The van der Waals surface area contributed by atoms with E-state index in [-0.39, 0.29) is 13.0 Å². The lowest BCUT2D eigenvalue weighted by Gasteiger charge is -2.38. The lowest BCUT2D eigenvalue weighted by molar-refractivity contribution is -0.127. The summed E-state index contributed by atoms with van der Waals surface area (Å²) in [6.45, 7) is 1.53. The number of halogens is 3. The van der Waals surface area contributed by atoms with Gasteiger partial charge in [-0.25, -0.2) is 8.42 Å². The zero-order chi connectivity index (χ0) is 26.7. The number of carbonyl (C=O) groups is 1. The van der Waals surface area contributed by atoms with Crippen LogP contribution in [0.15, 0.2) is 54.9 Å². The lowest BCUT2D eigenvalue weighted by atomic mass is 9.71. The first kappa shape index (κ1) is 27.1. The van der Waals surface area contributed by atoms with E-state index in [0.29, 0.717) is 5.56 Å². The molecule has 3 N–H and O–H groups in total. The molecule has 4 rings (SSSR count). The Kier molecular flexibility index (Phi) is 7.66. The Morgan fingerprint density at radius 2 is 1.78 bits per heavy atom. The molecule has 1 aromatic carbocycles. The van der Waals surface area contributed by atoms with Gasteiger partial charge in [-0.1, -0.05) is 43.5 Å². The third kappa shape index (κ3) is 6.51. The minimum atomic E-state index is -4.95. The molecule has 1 amide bonds. The van der Waals surface area contributed by atoms with Gasteiger partial charge in [0, 0.05) is 47.4 Å². The Labute approximate surface area is 214 Å². The molecule has 37 heavy (non-hydrogen) atoms. The molecule has 2 aromatic heterocycles. The van der Waals surface area contributed by atoms with Crippen molar-refractivity contribution in [2.45, 2.75) is 62.6 Å². The van der Waals surface area contributed by atoms with E-state index >= 15 is 0 Å². The van der Waals surface area contributed by atoms with Crippen molar-refractivity contribution in [3.63, 3.8) is 0 Å². The van der Waals surface area contributed by atoms with E-state index in [0.717, 1.165) is 48.7 Å². The number of para-hydroxylation sites is 1. The van der Waals surface area contributed by atoms with Crippen molar-refractivity contribution in [2.75, 3.05) is 12.3 Å². The van der Waals surface area contributed by atoms with Crippen LogP contribution in [0.25, 0.3) is 10.9 Å². The molecule has 7 nitrogen and oxygen atoms in total. The monoisotopic (exact) mass is 536 g/mol. The first-order valence-corrected chi connectivity index (χ1v) is 13.9. The van der Waals surface area contributed by atoms with Gasteiger partial charge in [0.05, 0.1) is 0 Å². The highest BCUT2D eigenvalue weighted by Crippen LogP contribution is 2.38. The number of hydrogen-bond donors (Lipinski definition) is 3. The number of nitrogens with one attached hydrogen (secondary N) is 3. The number of sulfonamides is 1. The van der Waals surface area contributed by atoms with Crippen LogP contribution in [0.3, 0.4) is 0 Å². The Balaban J connectivity index is 1.63. The van der Waals surface area contributed by atoms with Crippen LogP contribution in [0.5, 0.6) is 0 Å². The van der Waals surface area contributed by atoms with Crippen LogP contribution >= 0.6 is 0 Å². The Morgan fingerprint density at radius 1 is 1.08 bits per heavy atom. The maximum absolute atomic E-state index is 13.6. The van der Waals surface area contributed by atoms with Crippen LogP contribution in [0.4, 0.5) is 13.2 Å². The summed E-state index contributed by atoms with van der Waals surface area (Å²) in [5, 5.41) is 3.64. The molecule has 3 aromatic rings. The molecule has 0 saturated heterocycles. The van der Waals surface area contributed by atoms with Crippen LogP contribution in [0.2, 0.25) is 0 Å². The van der Waals surface area contributed by atoms with Crippen LogP contribution in [-0.2, 0) is 26.7 Å². The maximum atomic E-state index is 13.6. The number of aromatic amines is 1. The van der Waals surface area contributed by atoms with Gasteiger partial charge in [-0.2, -0.15) is 17.9 Å². The predicted molar refractivity (Wildman–Crippen MR) is 135 cm³/mol. The topological polar surface area (TPSA) is 104 Å². The Bertz CT molecular complexity index is 1340. The van der Waals surface area contributed by atoms with E-state index in [9.17, 15) is 26.4 Å². The molecular weight excluding hydrogens is 505 g/mol. The number of amides is 1. The first-order chi connectivity index (χ1) is 17.4. The van der Waals surface area contributed by atoms with Gasteiger partial charge in [-0.05, 0) is 43.5 Å². The molecule has 0 bridgehead atoms. The van der Waals surface area contributed by atoms with Gasteiger partial charge in [0.25, 0.3) is 0 Å². The molecule has 200 valence electrons. The van der Waals surface area contributed by atoms with E-state index in [1.54, 1.807) is 18.5 Å². The van der Waals surface area contributed by atoms with Crippen molar-refractivity contribution in [1.82, 2.24) is 20.0 Å². The smallest absolute Gasteiger partial charge is 0.361 e. The summed E-state index contributed by atoms with van der Waals surface area (Å²) in [5.74, 6) is -2.77. The fraction of sp³-hybridized carbons (Fsp3) is 0.462. The number of nitrogens with zero attached hydrogens (tertiary/aromatic N) is 1. The van der Waals surface area contributed by atoms with Gasteiger partial charge in [-0.15, -0.1) is 0 Å². The second kappa shape index (κ2) is 10.4. The number of alkyl halides is 3. The second-order valence-corrected chi connectivity index (χ2v) is 11.8. The standard InChI is InChI=1S/C26H31F3N4O3S/c1-24(33-37(35,36)18-26(27,28)29,15-19-16-31-21-10-4-3-9-20(19)21)23(34)32-17-25(12-6-2-7-13-25)22-11-5-8-14-30-22/h3-5,8-11,14,16,31,33H,2,6-7,12-13,15,17-18H2,1H3,(H,32,34)/t24-/m0/s1. The minimum Gasteiger partial charge on any atom is -0.361 e. The molecular formula is C26H31F3N4O3S. The van der Waals surface area contributed by atoms with Crippen molar-refractivity contribution < 1.29 is 26.4 Å². The molecule has 0 aliphatic heterocycles. The van der Waals surface area contributed by atoms with Gasteiger partial charge >= 0.3 is 6.18 Å². The number of fused-ring (bicyclic) bond motifs is 1. The summed E-state index contributed by atoms with van der Waals surface area (Å²) in [5.41, 5.74) is -0.0720. The quantitative estimate of drug-likeness (QED) is 0.378. The fourth-order valence-corrected chi connectivity index (χ4v) is 6.64. The van der Waals surface area contributed by atoms with Crippen molar-refractivity contribution >= 4 is 26.8 Å². The van der Waals surface area contributed by atoms with Gasteiger partial charge in [0.15, 0.2) is 5.75 Å².